The lowest BCUT2D eigenvalue weighted by atomic mass is 9.33. The highest BCUT2D eigenvalue weighted by Gasteiger charge is 2.69. The lowest BCUT2D eigenvalue weighted by molar-refractivity contribution is -0.203. The molecule has 4 amide bonds. The maximum Gasteiger partial charge on any atom is 0.246 e. The average molecular weight is 1030 g/mol. The monoisotopic (exact) mass is 1030 g/mol. The molecule has 1 aromatic carbocycles. The number of benzene rings is 1. The van der Waals surface area contributed by atoms with E-state index in [9.17, 15) is 29.4 Å². The predicted octanol–water partition coefficient (Wildman–Crippen LogP) is 8.93. The molecule has 6 aliphatic rings. The summed E-state index contributed by atoms with van der Waals surface area (Å²) in [7, 11) is 0. The molecule has 13 nitrogen and oxygen atoms in total. The molecule has 2 heterocycles. The highest BCUT2D eigenvalue weighted by molar-refractivity contribution is 7.13. The number of hydrogen-bond donors (Lipinski definition) is 5. The fourth-order valence-electron chi connectivity index (χ4n) is 15.6. The van der Waals surface area contributed by atoms with Gasteiger partial charge in [-0.15, -0.1) is 11.3 Å². The first-order valence-electron chi connectivity index (χ1n) is 27.6. The molecule has 11 atom stereocenters. The minimum Gasteiger partial charge on any atom is -0.393 e. The number of nitrogens with one attached hydrogen (secondary N) is 3. The average Bonchev–Trinajstić information content (AvgIpc) is 3.95. The van der Waals surface area contributed by atoms with Gasteiger partial charge >= 0.3 is 0 Å². The predicted molar refractivity (Wildman–Crippen MR) is 286 cm³/mol. The van der Waals surface area contributed by atoms with Gasteiger partial charge in [-0.1, -0.05) is 105 Å². The first-order chi connectivity index (χ1) is 34.3. The largest absolute Gasteiger partial charge is 0.393 e. The number of carbonyl (C=O) groups is 4. The molecule has 73 heavy (non-hydrogen) atoms. The van der Waals surface area contributed by atoms with E-state index in [0.29, 0.717) is 31.6 Å². The van der Waals surface area contributed by atoms with Crippen LogP contribution in [-0.4, -0.2) is 108 Å². The minimum atomic E-state index is -0.931. The topological polar surface area (TPSA) is 179 Å². The molecular weight excluding hydrogens is 939 g/mol. The number of aliphatic hydroxyl groups is 2. The maximum atomic E-state index is 14.6. The Kier molecular flexibility index (Phi) is 16.0. The van der Waals surface area contributed by atoms with Crippen LogP contribution in [-0.2, 0) is 35.2 Å². The minimum absolute atomic E-state index is 0.000730. The standard InChI is InChI=1S/C59H89N5O8S/c1-37-48(73-36-62-37)39-14-12-38(13-15-39)34-61-50(68)43-32-40(65)35-64(43)51(69)49(53(2,3)4)63-47(67)20-28-71-30-31-72-29-27-60-52(70)59-25-23-54(5,6)33-42(59)41-16-17-45-56(9)21-19-46(66)55(7,8)44(56)18-22-58(45,11)57(41,10)24-26-59/h12-16,36,40,42-46,49,65-66H,17-35H2,1-11H3,(H,60,70)(H,61,68)(H,63,67)/t40-,42+,43+,44+,45-,46+,49-,56+,57-,58-,59+/m1/s1. The Bertz CT molecular complexity index is 2380. The second-order valence-electron chi connectivity index (χ2n) is 26.4. The van der Waals surface area contributed by atoms with Crippen LogP contribution in [0.3, 0.4) is 0 Å². The number of likely N-dealkylation sites (tertiary alicyclic amines) is 1. The summed E-state index contributed by atoms with van der Waals surface area (Å²) in [5.74, 6) is 0.318. The number of aliphatic hydroxyl groups excluding tert-OH is 2. The number of fused-ring (bicyclic) bond motifs is 7. The van der Waals surface area contributed by atoms with Gasteiger partial charge in [0, 0.05) is 32.5 Å². The number of rotatable bonds is 16. The SMILES string of the molecule is Cc1ncsc1-c1ccc(CNC(=O)[C@@H]2C[C@@H](O)CN2C(=O)[C@@H](NC(=O)CCOCCOCCNC(=O)[C@]23CCC(C)(C)C[C@H]2C2=CC[C@@H]4[C@@]5(C)CC[C@H](O)C(C)(C)[C@@H]5CC[C@@]4(C)[C@]2(C)CC3)C(C)(C)C)cc1. The fraction of sp³-hybridized carbons (Fsp3) is 0.746. The molecule has 2 aromatic rings. The summed E-state index contributed by atoms with van der Waals surface area (Å²) in [5.41, 5.74) is 5.62. The maximum absolute atomic E-state index is 14.6. The van der Waals surface area contributed by atoms with Crippen molar-refractivity contribution in [3.63, 3.8) is 0 Å². The van der Waals surface area contributed by atoms with Crippen molar-refractivity contribution in [3.8, 4) is 10.4 Å². The van der Waals surface area contributed by atoms with Crippen LogP contribution >= 0.6 is 11.3 Å². The number of amides is 4. The van der Waals surface area contributed by atoms with Gasteiger partial charge in [0.15, 0.2) is 0 Å². The molecule has 0 spiro atoms. The first-order valence-corrected chi connectivity index (χ1v) is 28.5. The number of thiazole rings is 1. The number of aromatic nitrogens is 1. The number of allylic oxidation sites excluding steroid dienone is 2. The van der Waals surface area contributed by atoms with E-state index in [-0.39, 0.29) is 96.0 Å². The van der Waals surface area contributed by atoms with Crippen molar-refractivity contribution < 1.29 is 38.9 Å². The zero-order chi connectivity index (χ0) is 52.9. The van der Waals surface area contributed by atoms with E-state index < -0.39 is 34.9 Å². The summed E-state index contributed by atoms with van der Waals surface area (Å²) in [5, 5.41) is 31.0. The van der Waals surface area contributed by atoms with Gasteiger partial charge in [-0.05, 0) is 133 Å². The fourth-order valence-corrected chi connectivity index (χ4v) is 16.4. The van der Waals surface area contributed by atoms with Crippen molar-refractivity contribution in [3.05, 3.63) is 52.7 Å². The number of nitrogens with zero attached hydrogens (tertiary/aromatic N) is 2. The van der Waals surface area contributed by atoms with E-state index in [1.54, 1.807) is 16.9 Å². The van der Waals surface area contributed by atoms with E-state index in [0.717, 1.165) is 79.5 Å². The van der Waals surface area contributed by atoms with E-state index in [1.165, 1.54) is 11.3 Å². The van der Waals surface area contributed by atoms with Gasteiger partial charge in [0.25, 0.3) is 0 Å². The molecule has 5 aliphatic carbocycles. The van der Waals surface area contributed by atoms with Crippen molar-refractivity contribution in [1.29, 1.82) is 0 Å². The molecule has 5 N–H and O–H groups in total. The summed E-state index contributed by atoms with van der Waals surface area (Å²) in [6.45, 7) is 26.4. The molecule has 1 saturated heterocycles. The Morgan fingerprint density at radius 1 is 0.863 bits per heavy atom. The van der Waals surface area contributed by atoms with Crippen LogP contribution in [0.5, 0.6) is 0 Å². The van der Waals surface area contributed by atoms with Crippen LogP contribution < -0.4 is 16.0 Å². The van der Waals surface area contributed by atoms with Crippen LogP contribution in [0.25, 0.3) is 10.4 Å². The van der Waals surface area contributed by atoms with Crippen molar-refractivity contribution in [2.24, 2.45) is 55.7 Å². The lowest BCUT2D eigenvalue weighted by Gasteiger charge is -2.71. The second kappa shape index (κ2) is 21.0. The van der Waals surface area contributed by atoms with E-state index >= 15 is 0 Å². The highest BCUT2D eigenvalue weighted by atomic mass is 32.1. The van der Waals surface area contributed by atoms with E-state index in [2.05, 4.69) is 75.5 Å². The van der Waals surface area contributed by atoms with Crippen LogP contribution in [0, 0.1) is 62.6 Å². The van der Waals surface area contributed by atoms with Crippen molar-refractivity contribution >= 4 is 35.0 Å². The molecule has 1 aliphatic heterocycles. The van der Waals surface area contributed by atoms with Gasteiger partial charge in [0.1, 0.15) is 12.1 Å². The molecule has 14 heteroatoms. The van der Waals surface area contributed by atoms with Gasteiger partial charge in [-0.2, -0.15) is 0 Å². The number of hydrogen-bond acceptors (Lipinski definition) is 10. The van der Waals surface area contributed by atoms with Crippen molar-refractivity contribution in [2.75, 3.05) is 39.5 Å². The summed E-state index contributed by atoms with van der Waals surface area (Å²) >= 11 is 1.58. The lowest BCUT2D eigenvalue weighted by Crippen LogP contribution is -2.65. The zero-order valence-corrected chi connectivity index (χ0v) is 46.9. The first kappa shape index (κ1) is 55.5. The third kappa shape index (κ3) is 10.6. The van der Waals surface area contributed by atoms with Gasteiger partial charge in [0.2, 0.25) is 23.6 Å². The molecule has 404 valence electrons. The summed E-state index contributed by atoms with van der Waals surface area (Å²) < 4.78 is 11.7. The van der Waals surface area contributed by atoms with Crippen LogP contribution in [0.1, 0.15) is 158 Å². The molecule has 0 unspecified atom stereocenters. The number of β-amino-alcohol motifs (C(OH)–C–C–N with tert-alkyl or cyclic N) is 1. The number of aryl methyl sites for hydroxylation is 1. The van der Waals surface area contributed by atoms with Gasteiger partial charge in [-0.3, -0.25) is 19.2 Å². The number of carbonyl (C=O) groups excluding carboxylic acids is 4. The molecular formula is C59H89N5O8S. The Morgan fingerprint density at radius 3 is 2.25 bits per heavy atom. The zero-order valence-electron chi connectivity index (χ0n) is 46.1. The molecule has 8 rings (SSSR count). The third-order valence-corrected chi connectivity index (χ3v) is 21.1. The summed E-state index contributed by atoms with van der Waals surface area (Å²) in [6, 6.07) is 6.12. The molecule has 1 aromatic heterocycles. The quantitative estimate of drug-likeness (QED) is 0.0811. The van der Waals surface area contributed by atoms with Crippen LogP contribution in [0.15, 0.2) is 41.4 Å². The van der Waals surface area contributed by atoms with E-state index in [1.807, 2.05) is 57.5 Å². The highest BCUT2D eigenvalue weighted by Crippen LogP contribution is 2.75. The smallest absolute Gasteiger partial charge is 0.246 e. The second-order valence-corrected chi connectivity index (χ2v) is 27.3. The molecule has 5 fully saturated rings. The summed E-state index contributed by atoms with van der Waals surface area (Å²) in [6.07, 6.45) is 11.9. The Balaban J connectivity index is 0.781. The van der Waals surface area contributed by atoms with Crippen molar-refractivity contribution in [1.82, 2.24) is 25.8 Å². The Hall–Kier alpha value is -3.69. The summed E-state index contributed by atoms with van der Waals surface area (Å²) in [4.78, 5) is 62.3. The van der Waals surface area contributed by atoms with Gasteiger partial charge in [0.05, 0.1) is 60.1 Å². The van der Waals surface area contributed by atoms with Crippen LogP contribution in [0.4, 0.5) is 0 Å². The van der Waals surface area contributed by atoms with E-state index in [4.69, 9.17) is 9.47 Å². The number of ether oxygens (including phenoxy) is 2. The molecule has 0 radical (unpaired) electrons. The third-order valence-electron chi connectivity index (χ3n) is 20.2. The van der Waals surface area contributed by atoms with Crippen molar-refractivity contribution in [2.45, 2.75) is 184 Å². The van der Waals surface area contributed by atoms with Gasteiger partial charge < -0.3 is 40.5 Å². The molecule has 4 saturated carbocycles. The Labute approximate surface area is 440 Å². The van der Waals surface area contributed by atoms with Crippen LogP contribution in [0.2, 0.25) is 0 Å². The Morgan fingerprint density at radius 2 is 1.56 bits per heavy atom. The normalized spacial score (nSPS) is 33.8. The molecule has 0 bridgehead atoms. The van der Waals surface area contributed by atoms with Gasteiger partial charge in [-0.25, -0.2) is 4.98 Å².